The lowest BCUT2D eigenvalue weighted by Gasteiger charge is -2.20. The summed E-state index contributed by atoms with van der Waals surface area (Å²) in [7, 11) is 0. The second kappa shape index (κ2) is 7.81. The van der Waals surface area contributed by atoms with Crippen LogP contribution < -0.4 is 5.32 Å². The van der Waals surface area contributed by atoms with E-state index in [4.69, 9.17) is 9.15 Å². The monoisotopic (exact) mass is 280 g/mol. The average molecular weight is 280 g/mol. The smallest absolute Gasteiger partial charge is 0.118 e. The molecular formula is C16H28N2O2. The molecule has 4 nitrogen and oxygen atoms in total. The van der Waals surface area contributed by atoms with Crippen LogP contribution in [0.1, 0.15) is 38.7 Å². The van der Waals surface area contributed by atoms with Gasteiger partial charge in [-0.25, -0.2) is 0 Å². The fraction of sp³-hybridized carbons (Fsp3) is 0.750. The molecule has 0 radical (unpaired) electrons. The van der Waals surface area contributed by atoms with Gasteiger partial charge in [0.2, 0.25) is 0 Å². The molecular weight excluding hydrogens is 252 g/mol. The van der Waals surface area contributed by atoms with Gasteiger partial charge in [-0.2, -0.15) is 0 Å². The van der Waals surface area contributed by atoms with E-state index in [1.165, 1.54) is 0 Å². The molecule has 1 saturated heterocycles. The van der Waals surface area contributed by atoms with Gasteiger partial charge in [-0.1, -0.05) is 13.8 Å². The lowest BCUT2D eigenvalue weighted by molar-refractivity contribution is 0.0658. The maximum Gasteiger partial charge on any atom is 0.118 e. The van der Waals surface area contributed by atoms with Crippen molar-refractivity contribution in [3.05, 3.63) is 23.7 Å². The Bertz CT molecular complexity index is 390. The van der Waals surface area contributed by atoms with Gasteiger partial charge in [0, 0.05) is 19.7 Å². The van der Waals surface area contributed by atoms with Gasteiger partial charge >= 0.3 is 0 Å². The van der Waals surface area contributed by atoms with E-state index >= 15 is 0 Å². The lowest BCUT2D eigenvalue weighted by Crippen LogP contribution is -2.29. The summed E-state index contributed by atoms with van der Waals surface area (Å²) >= 11 is 0. The lowest BCUT2D eigenvalue weighted by atomic mass is 10.2. The van der Waals surface area contributed by atoms with E-state index in [-0.39, 0.29) is 0 Å². The van der Waals surface area contributed by atoms with Crippen molar-refractivity contribution in [3.8, 4) is 0 Å². The average Bonchev–Trinajstić information content (AvgIpc) is 2.71. The van der Waals surface area contributed by atoms with Gasteiger partial charge in [0.25, 0.3) is 0 Å². The molecule has 0 saturated carbocycles. The standard InChI is InChI=1S/C16H28N2O2/c1-13(2)9-17-10-15-5-6-16(20-15)12-18-7-4-8-19-14(3)11-18/h5-6,13-14,17H,4,7-12H2,1-3H3. The van der Waals surface area contributed by atoms with Crippen LogP contribution in [0.5, 0.6) is 0 Å². The fourth-order valence-electron chi connectivity index (χ4n) is 2.53. The first-order chi connectivity index (χ1) is 9.63. The molecule has 0 aliphatic carbocycles. The first-order valence-corrected chi connectivity index (χ1v) is 7.75. The number of furan rings is 1. The van der Waals surface area contributed by atoms with Crippen molar-refractivity contribution in [3.63, 3.8) is 0 Å². The molecule has 0 aromatic carbocycles. The highest BCUT2D eigenvalue weighted by Crippen LogP contribution is 2.13. The third-order valence-corrected chi connectivity index (χ3v) is 3.48. The van der Waals surface area contributed by atoms with Crippen LogP contribution in [0.4, 0.5) is 0 Å². The van der Waals surface area contributed by atoms with Crippen LogP contribution in [0.25, 0.3) is 0 Å². The maximum atomic E-state index is 5.90. The SMILES string of the molecule is CC(C)CNCc1ccc(CN2CCCOC(C)C2)o1. The molecule has 0 bridgehead atoms. The quantitative estimate of drug-likeness (QED) is 0.869. The Kier molecular flexibility index (Phi) is 6.07. The third-order valence-electron chi connectivity index (χ3n) is 3.48. The van der Waals surface area contributed by atoms with E-state index < -0.39 is 0 Å². The molecule has 1 aliphatic rings. The molecule has 1 unspecified atom stereocenters. The van der Waals surface area contributed by atoms with Gasteiger partial charge in [0.1, 0.15) is 11.5 Å². The zero-order valence-corrected chi connectivity index (χ0v) is 13.0. The Morgan fingerprint density at radius 2 is 2.15 bits per heavy atom. The fourth-order valence-corrected chi connectivity index (χ4v) is 2.53. The van der Waals surface area contributed by atoms with Gasteiger partial charge in [0.15, 0.2) is 0 Å². The molecule has 20 heavy (non-hydrogen) atoms. The van der Waals surface area contributed by atoms with Crippen molar-refractivity contribution in [1.29, 1.82) is 0 Å². The molecule has 1 fully saturated rings. The second-order valence-electron chi connectivity index (χ2n) is 6.16. The summed E-state index contributed by atoms with van der Waals surface area (Å²) in [5, 5.41) is 3.41. The van der Waals surface area contributed by atoms with Gasteiger partial charge < -0.3 is 14.5 Å². The van der Waals surface area contributed by atoms with Crippen LogP contribution in [-0.4, -0.2) is 37.2 Å². The number of hydrogen-bond donors (Lipinski definition) is 1. The second-order valence-corrected chi connectivity index (χ2v) is 6.16. The number of hydrogen-bond acceptors (Lipinski definition) is 4. The highest BCUT2D eigenvalue weighted by atomic mass is 16.5. The molecule has 2 rings (SSSR count). The van der Waals surface area contributed by atoms with E-state index in [0.29, 0.717) is 12.0 Å². The Morgan fingerprint density at radius 3 is 2.95 bits per heavy atom. The molecule has 0 spiro atoms. The molecule has 1 aromatic heterocycles. The van der Waals surface area contributed by atoms with Crippen LogP contribution in [0, 0.1) is 5.92 Å². The Morgan fingerprint density at radius 1 is 1.35 bits per heavy atom. The number of nitrogens with one attached hydrogen (secondary N) is 1. The highest BCUT2D eigenvalue weighted by Gasteiger charge is 2.16. The van der Waals surface area contributed by atoms with E-state index in [2.05, 4.69) is 43.1 Å². The first-order valence-electron chi connectivity index (χ1n) is 7.75. The summed E-state index contributed by atoms with van der Waals surface area (Å²) in [6.07, 6.45) is 1.42. The van der Waals surface area contributed by atoms with Crippen LogP contribution in [0.15, 0.2) is 16.5 Å². The molecule has 1 atom stereocenters. The molecule has 1 N–H and O–H groups in total. The normalized spacial score (nSPS) is 21.3. The summed E-state index contributed by atoms with van der Waals surface area (Å²) in [6.45, 7) is 12.2. The number of nitrogens with zero attached hydrogens (tertiary/aromatic N) is 1. The van der Waals surface area contributed by atoms with Gasteiger partial charge in [0.05, 0.1) is 19.2 Å². The number of rotatable bonds is 6. The van der Waals surface area contributed by atoms with Crippen molar-refractivity contribution in [2.24, 2.45) is 5.92 Å². The van der Waals surface area contributed by atoms with Crippen molar-refractivity contribution in [2.45, 2.75) is 46.4 Å². The summed E-state index contributed by atoms with van der Waals surface area (Å²) in [6, 6.07) is 4.18. The highest BCUT2D eigenvalue weighted by molar-refractivity contribution is 5.07. The van der Waals surface area contributed by atoms with Gasteiger partial charge in [-0.05, 0) is 37.9 Å². The van der Waals surface area contributed by atoms with Gasteiger partial charge in [-0.3, -0.25) is 4.90 Å². The molecule has 2 heterocycles. The van der Waals surface area contributed by atoms with Crippen LogP contribution >= 0.6 is 0 Å². The summed E-state index contributed by atoms with van der Waals surface area (Å²) < 4.78 is 11.6. The predicted molar refractivity (Wildman–Crippen MR) is 80.6 cm³/mol. The Hall–Kier alpha value is -0.840. The molecule has 1 aliphatic heterocycles. The van der Waals surface area contributed by atoms with E-state index in [1.54, 1.807) is 0 Å². The minimum absolute atomic E-state index is 0.319. The summed E-state index contributed by atoms with van der Waals surface area (Å²) in [4.78, 5) is 2.42. The van der Waals surface area contributed by atoms with E-state index in [1.807, 2.05) is 0 Å². The zero-order chi connectivity index (χ0) is 14.4. The van der Waals surface area contributed by atoms with Crippen molar-refractivity contribution < 1.29 is 9.15 Å². The topological polar surface area (TPSA) is 37.6 Å². The minimum atomic E-state index is 0.319. The van der Waals surface area contributed by atoms with Crippen LogP contribution in [0.3, 0.4) is 0 Å². The van der Waals surface area contributed by atoms with Crippen LogP contribution in [0.2, 0.25) is 0 Å². The third kappa shape index (κ3) is 5.27. The molecule has 0 amide bonds. The summed E-state index contributed by atoms with van der Waals surface area (Å²) in [5.41, 5.74) is 0. The van der Waals surface area contributed by atoms with Crippen LogP contribution in [-0.2, 0) is 17.8 Å². The molecule has 114 valence electrons. The number of ether oxygens (including phenoxy) is 1. The Balaban J connectivity index is 1.79. The zero-order valence-electron chi connectivity index (χ0n) is 13.0. The van der Waals surface area contributed by atoms with Crippen molar-refractivity contribution >= 4 is 0 Å². The Labute approximate surface area is 122 Å². The predicted octanol–water partition coefficient (Wildman–Crippen LogP) is 2.64. The summed E-state index contributed by atoms with van der Waals surface area (Å²) in [5.74, 6) is 2.75. The van der Waals surface area contributed by atoms with Gasteiger partial charge in [-0.15, -0.1) is 0 Å². The molecule has 4 heteroatoms. The van der Waals surface area contributed by atoms with Crippen molar-refractivity contribution in [1.82, 2.24) is 10.2 Å². The first kappa shape index (κ1) is 15.5. The van der Waals surface area contributed by atoms with E-state index in [0.717, 1.165) is 57.3 Å². The van der Waals surface area contributed by atoms with Crippen molar-refractivity contribution in [2.75, 3.05) is 26.2 Å². The molecule has 1 aromatic rings. The largest absolute Gasteiger partial charge is 0.463 e. The maximum absolute atomic E-state index is 5.90. The van der Waals surface area contributed by atoms with E-state index in [9.17, 15) is 0 Å². The minimum Gasteiger partial charge on any atom is -0.463 e.